The van der Waals surface area contributed by atoms with E-state index in [1.165, 1.54) is 0 Å². The van der Waals surface area contributed by atoms with Crippen molar-refractivity contribution in [2.24, 2.45) is 11.1 Å². The molecule has 0 fully saturated rings. The maximum atomic E-state index is 11.8. The summed E-state index contributed by atoms with van der Waals surface area (Å²) in [6.07, 6.45) is 0.408. The molecular formula is C14H20N2O3. The summed E-state index contributed by atoms with van der Waals surface area (Å²) >= 11 is 0. The van der Waals surface area contributed by atoms with E-state index in [4.69, 9.17) is 9.94 Å². The fourth-order valence-electron chi connectivity index (χ4n) is 1.75. The maximum absolute atomic E-state index is 11.8. The minimum Gasteiger partial charge on any atom is -0.411 e. The van der Waals surface area contributed by atoms with Gasteiger partial charge in [0.05, 0.1) is 5.71 Å². The number of carbonyl (C=O) groups is 1. The van der Waals surface area contributed by atoms with E-state index in [0.717, 1.165) is 5.56 Å². The van der Waals surface area contributed by atoms with Gasteiger partial charge in [0.25, 0.3) is 0 Å². The average Bonchev–Trinajstić information content (AvgIpc) is 2.38. The third-order valence-corrected chi connectivity index (χ3v) is 2.70. The number of anilines is 1. The quantitative estimate of drug-likeness (QED) is 0.471. The van der Waals surface area contributed by atoms with E-state index in [0.29, 0.717) is 24.4 Å². The van der Waals surface area contributed by atoms with Gasteiger partial charge in [-0.1, -0.05) is 24.2 Å². The number of methoxy groups -OCH3 is 1. The fourth-order valence-corrected chi connectivity index (χ4v) is 1.75. The Hall–Kier alpha value is -1.88. The Balaban J connectivity index is 2.64. The zero-order chi connectivity index (χ0) is 14.3. The molecule has 5 nitrogen and oxygen atoms in total. The Labute approximate surface area is 113 Å². The molecule has 5 heteroatoms. The Morgan fingerprint density at radius 1 is 1.53 bits per heavy atom. The number of benzene rings is 1. The number of oxime groups is 1. The Bertz CT molecular complexity index is 458. The molecular weight excluding hydrogens is 244 g/mol. The summed E-state index contributed by atoms with van der Waals surface area (Å²) in [6, 6.07) is 7.19. The second kappa shape index (κ2) is 7.53. The Morgan fingerprint density at radius 2 is 2.26 bits per heavy atom. The highest BCUT2D eigenvalue weighted by molar-refractivity contribution is 6.00. The molecule has 104 valence electrons. The second-order valence-corrected chi connectivity index (χ2v) is 4.58. The van der Waals surface area contributed by atoms with Crippen molar-refractivity contribution >= 4 is 17.3 Å². The van der Waals surface area contributed by atoms with Crippen LogP contribution in [0.15, 0.2) is 29.4 Å². The molecule has 1 aromatic carbocycles. The van der Waals surface area contributed by atoms with E-state index in [1.54, 1.807) is 32.2 Å². The minimum atomic E-state index is -0.0553. The summed E-state index contributed by atoms with van der Waals surface area (Å²) in [5, 5.41) is 14.7. The van der Waals surface area contributed by atoms with Gasteiger partial charge in [0.1, 0.15) is 0 Å². The van der Waals surface area contributed by atoms with Crippen LogP contribution < -0.4 is 5.32 Å². The standard InChI is InChI=1S/C14H20N2O3/c1-10(9-19-3)7-14(17)15-13-6-4-5-12(8-13)11(2)16-18/h4-6,8,10,18H,7,9H2,1-3H3,(H,15,17). The largest absolute Gasteiger partial charge is 0.411 e. The number of hydrogen-bond donors (Lipinski definition) is 2. The number of ether oxygens (including phenoxy) is 1. The lowest BCUT2D eigenvalue weighted by molar-refractivity contribution is -0.117. The lowest BCUT2D eigenvalue weighted by atomic mass is 10.1. The van der Waals surface area contributed by atoms with Gasteiger partial charge in [-0.25, -0.2) is 0 Å². The second-order valence-electron chi connectivity index (χ2n) is 4.58. The molecule has 0 aliphatic heterocycles. The maximum Gasteiger partial charge on any atom is 0.224 e. The molecule has 0 heterocycles. The van der Waals surface area contributed by atoms with Crippen LogP contribution in [0.3, 0.4) is 0 Å². The van der Waals surface area contributed by atoms with Crippen molar-refractivity contribution in [2.45, 2.75) is 20.3 Å². The van der Waals surface area contributed by atoms with Crippen molar-refractivity contribution in [2.75, 3.05) is 19.0 Å². The summed E-state index contributed by atoms with van der Waals surface area (Å²) < 4.78 is 5.00. The molecule has 0 aliphatic carbocycles. The van der Waals surface area contributed by atoms with Gasteiger partial charge in [-0.15, -0.1) is 0 Å². The van der Waals surface area contributed by atoms with Crippen LogP contribution in [0, 0.1) is 5.92 Å². The normalized spacial score (nSPS) is 13.1. The fraction of sp³-hybridized carbons (Fsp3) is 0.429. The number of amides is 1. The Kier molecular flexibility index (Phi) is 6.02. The molecule has 0 spiro atoms. The monoisotopic (exact) mass is 264 g/mol. The molecule has 0 radical (unpaired) electrons. The van der Waals surface area contributed by atoms with E-state index in [1.807, 2.05) is 13.0 Å². The van der Waals surface area contributed by atoms with Gasteiger partial charge in [0.2, 0.25) is 5.91 Å². The summed E-state index contributed by atoms with van der Waals surface area (Å²) in [5.41, 5.74) is 1.96. The van der Waals surface area contributed by atoms with Gasteiger partial charge in [-0.3, -0.25) is 4.79 Å². The highest BCUT2D eigenvalue weighted by Gasteiger charge is 2.09. The molecule has 0 aliphatic rings. The molecule has 1 rings (SSSR count). The smallest absolute Gasteiger partial charge is 0.224 e. The molecule has 19 heavy (non-hydrogen) atoms. The first-order chi connectivity index (χ1) is 9.06. The van der Waals surface area contributed by atoms with Crippen molar-refractivity contribution in [3.05, 3.63) is 29.8 Å². The van der Waals surface area contributed by atoms with Crippen LogP contribution in [0.4, 0.5) is 5.69 Å². The van der Waals surface area contributed by atoms with Gasteiger partial charge >= 0.3 is 0 Å². The van der Waals surface area contributed by atoms with E-state index in [-0.39, 0.29) is 11.8 Å². The van der Waals surface area contributed by atoms with Crippen LogP contribution in [0.5, 0.6) is 0 Å². The van der Waals surface area contributed by atoms with E-state index in [9.17, 15) is 4.79 Å². The highest BCUT2D eigenvalue weighted by Crippen LogP contribution is 2.13. The predicted octanol–water partition coefficient (Wildman–Crippen LogP) is 2.50. The SMILES string of the molecule is COCC(C)CC(=O)Nc1cccc(C(C)=NO)c1. The summed E-state index contributed by atoms with van der Waals surface area (Å²) in [6.45, 7) is 4.22. The van der Waals surface area contributed by atoms with Crippen LogP contribution >= 0.6 is 0 Å². The zero-order valence-corrected chi connectivity index (χ0v) is 11.5. The first-order valence-corrected chi connectivity index (χ1v) is 6.14. The van der Waals surface area contributed by atoms with Crippen molar-refractivity contribution < 1.29 is 14.7 Å². The van der Waals surface area contributed by atoms with Gasteiger partial charge in [-0.05, 0) is 25.0 Å². The molecule has 2 N–H and O–H groups in total. The van der Waals surface area contributed by atoms with Gasteiger partial charge < -0.3 is 15.3 Å². The minimum absolute atomic E-state index is 0.0553. The van der Waals surface area contributed by atoms with Crippen molar-refractivity contribution in [3.8, 4) is 0 Å². The molecule has 1 aromatic rings. The van der Waals surface area contributed by atoms with Crippen molar-refractivity contribution in [1.29, 1.82) is 0 Å². The predicted molar refractivity (Wildman–Crippen MR) is 74.7 cm³/mol. The molecule has 1 amide bonds. The molecule has 1 atom stereocenters. The van der Waals surface area contributed by atoms with Gasteiger partial charge in [-0.2, -0.15) is 0 Å². The van der Waals surface area contributed by atoms with Crippen LogP contribution in [0.2, 0.25) is 0 Å². The number of nitrogens with one attached hydrogen (secondary N) is 1. The molecule has 0 bridgehead atoms. The third kappa shape index (κ3) is 5.09. The number of rotatable bonds is 6. The van der Waals surface area contributed by atoms with Crippen LogP contribution in [-0.4, -0.2) is 30.5 Å². The highest BCUT2D eigenvalue weighted by atomic mass is 16.5. The summed E-state index contributed by atoms with van der Waals surface area (Å²) in [4.78, 5) is 11.8. The summed E-state index contributed by atoms with van der Waals surface area (Å²) in [7, 11) is 1.62. The van der Waals surface area contributed by atoms with Crippen LogP contribution in [-0.2, 0) is 9.53 Å². The van der Waals surface area contributed by atoms with E-state index in [2.05, 4.69) is 10.5 Å². The average molecular weight is 264 g/mol. The van der Waals surface area contributed by atoms with Crippen LogP contribution in [0.1, 0.15) is 25.8 Å². The Morgan fingerprint density at radius 3 is 2.89 bits per heavy atom. The molecule has 0 saturated heterocycles. The topological polar surface area (TPSA) is 70.9 Å². The lowest BCUT2D eigenvalue weighted by Crippen LogP contribution is -2.17. The third-order valence-electron chi connectivity index (χ3n) is 2.70. The lowest BCUT2D eigenvalue weighted by Gasteiger charge is -2.11. The zero-order valence-electron chi connectivity index (χ0n) is 11.5. The van der Waals surface area contributed by atoms with Crippen molar-refractivity contribution in [3.63, 3.8) is 0 Å². The molecule has 1 unspecified atom stereocenters. The van der Waals surface area contributed by atoms with Gasteiger partial charge in [0, 0.05) is 31.4 Å². The number of carbonyl (C=O) groups excluding carboxylic acids is 1. The first kappa shape index (κ1) is 15.2. The number of nitrogens with zero attached hydrogens (tertiary/aromatic N) is 1. The van der Waals surface area contributed by atoms with E-state index >= 15 is 0 Å². The van der Waals surface area contributed by atoms with Crippen molar-refractivity contribution in [1.82, 2.24) is 0 Å². The number of hydrogen-bond acceptors (Lipinski definition) is 4. The first-order valence-electron chi connectivity index (χ1n) is 6.14. The molecule has 0 saturated carbocycles. The van der Waals surface area contributed by atoms with Gasteiger partial charge in [0.15, 0.2) is 0 Å². The summed E-state index contributed by atoms with van der Waals surface area (Å²) in [5.74, 6) is 0.120. The van der Waals surface area contributed by atoms with E-state index < -0.39 is 0 Å². The van der Waals surface area contributed by atoms with Crippen LogP contribution in [0.25, 0.3) is 0 Å². The molecule has 0 aromatic heterocycles.